The van der Waals surface area contributed by atoms with Crippen LogP contribution >= 0.6 is 0 Å². The molecule has 0 spiro atoms. The van der Waals surface area contributed by atoms with Crippen molar-refractivity contribution in [3.05, 3.63) is 24.5 Å². The summed E-state index contributed by atoms with van der Waals surface area (Å²) in [5.74, 6) is 0. The molecule has 2 N–H and O–H groups in total. The van der Waals surface area contributed by atoms with E-state index >= 15 is 0 Å². The summed E-state index contributed by atoms with van der Waals surface area (Å²) in [4.78, 5) is 14.2. The van der Waals surface area contributed by atoms with Crippen molar-refractivity contribution in [2.45, 2.75) is 0 Å². The third-order valence-electron chi connectivity index (χ3n) is 1.84. The molecule has 0 aliphatic heterocycles. The maximum atomic E-state index is 11.2. The zero-order valence-corrected chi connectivity index (χ0v) is 6.66. The van der Waals surface area contributed by atoms with Crippen LogP contribution in [0.15, 0.2) is 24.5 Å². The van der Waals surface area contributed by atoms with Crippen molar-refractivity contribution in [1.29, 1.82) is 0 Å². The Labute approximate surface area is 69.2 Å². The summed E-state index contributed by atoms with van der Waals surface area (Å²) in [7, 11) is 1.61. The van der Waals surface area contributed by atoms with E-state index in [0.717, 1.165) is 11.0 Å². The summed E-state index contributed by atoms with van der Waals surface area (Å²) in [5.41, 5.74) is 1.87. The van der Waals surface area contributed by atoms with E-state index in [9.17, 15) is 4.79 Å². The van der Waals surface area contributed by atoms with Crippen LogP contribution in [-0.4, -0.2) is 22.6 Å². The molecule has 0 bridgehead atoms. The number of aromatic amines is 1. The van der Waals surface area contributed by atoms with Crippen LogP contribution in [0.25, 0.3) is 11.0 Å². The van der Waals surface area contributed by atoms with Gasteiger partial charge in [-0.15, -0.1) is 0 Å². The van der Waals surface area contributed by atoms with Crippen molar-refractivity contribution in [2.24, 2.45) is 0 Å². The lowest BCUT2D eigenvalue weighted by Gasteiger charge is -1.99. The van der Waals surface area contributed by atoms with Crippen molar-refractivity contribution < 1.29 is 4.79 Å². The quantitative estimate of drug-likeness (QED) is 0.601. The molecule has 0 radical (unpaired) electrons. The number of aromatic nitrogens is 2. The smallest absolute Gasteiger partial charge is 0.325 e. The summed E-state index contributed by atoms with van der Waals surface area (Å²) < 4.78 is 1.56. The van der Waals surface area contributed by atoms with Gasteiger partial charge in [-0.25, -0.2) is 4.79 Å². The summed E-state index contributed by atoms with van der Waals surface area (Å²) in [6.45, 7) is 0. The fourth-order valence-corrected chi connectivity index (χ4v) is 1.24. The maximum Gasteiger partial charge on any atom is 0.325 e. The number of nitrogens with one attached hydrogen (secondary N) is 2. The Morgan fingerprint density at radius 2 is 2.42 bits per heavy atom. The van der Waals surface area contributed by atoms with E-state index in [1.165, 1.54) is 0 Å². The molecule has 2 aromatic rings. The van der Waals surface area contributed by atoms with E-state index in [0.29, 0.717) is 0 Å². The third kappa shape index (κ3) is 0.812. The number of amides is 1. The third-order valence-corrected chi connectivity index (χ3v) is 1.84. The molecular formula is C8H9N3O. The van der Waals surface area contributed by atoms with Gasteiger partial charge in [0.15, 0.2) is 0 Å². The summed E-state index contributed by atoms with van der Waals surface area (Å²) in [6, 6.07) is 3.61. The van der Waals surface area contributed by atoms with Gasteiger partial charge < -0.3 is 10.3 Å². The van der Waals surface area contributed by atoms with Crippen molar-refractivity contribution in [2.75, 3.05) is 7.05 Å². The van der Waals surface area contributed by atoms with Gasteiger partial charge in [-0.2, -0.15) is 0 Å². The fourth-order valence-electron chi connectivity index (χ4n) is 1.24. The second-order valence-corrected chi connectivity index (χ2v) is 2.52. The minimum atomic E-state index is -0.121. The lowest BCUT2D eigenvalue weighted by molar-refractivity contribution is 0.245. The maximum absolute atomic E-state index is 11.2. The van der Waals surface area contributed by atoms with Crippen LogP contribution in [0.1, 0.15) is 0 Å². The van der Waals surface area contributed by atoms with Gasteiger partial charge in [0.05, 0.1) is 11.0 Å². The van der Waals surface area contributed by atoms with E-state index in [4.69, 9.17) is 0 Å². The van der Waals surface area contributed by atoms with Crippen LogP contribution in [0, 0.1) is 0 Å². The van der Waals surface area contributed by atoms with Crippen LogP contribution in [0.5, 0.6) is 0 Å². The number of fused-ring (bicyclic) bond motifs is 1. The number of hydrogen-bond acceptors (Lipinski definition) is 1. The lowest BCUT2D eigenvalue weighted by atomic mass is 10.5. The van der Waals surface area contributed by atoms with Crippen LogP contribution in [0.3, 0.4) is 0 Å². The summed E-state index contributed by atoms with van der Waals surface area (Å²) in [6.07, 6.45) is 3.55. The van der Waals surface area contributed by atoms with Crippen LogP contribution in [-0.2, 0) is 0 Å². The average molecular weight is 163 g/mol. The Bertz CT molecular complexity index is 413. The van der Waals surface area contributed by atoms with Crippen molar-refractivity contribution in [3.63, 3.8) is 0 Å². The van der Waals surface area contributed by atoms with E-state index in [2.05, 4.69) is 10.3 Å². The molecular weight excluding hydrogens is 154 g/mol. The van der Waals surface area contributed by atoms with Gasteiger partial charge in [0.25, 0.3) is 0 Å². The van der Waals surface area contributed by atoms with E-state index in [1.807, 2.05) is 18.3 Å². The largest absolute Gasteiger partial charge is 0.360 e. The minimum Gasteiger partial charge on any atom is -0.360 e. The summed E-state index contributed by atoms with van der Waals surface area (Å²) in [5, 5.41) is 2.56. The zero-order chi connectivity index (χ0) is 8.55. The molecule has 2 aromatic heterocycles. The van der Waals surface area contributed by atoms with Crippen LogP contribution < -0.4 is 5.32 Å². The number of carbonyl (C=O) groups excluding carboxylic acids is 1. The predicted octanol–water partition coefficient (Wildman–Crippen LogP) is 1.16. The molecule has 0 aromatic carbocycles. The van der Waals surface area contributed by atoms with Gasteiger partial charge in [-0.3, -0.25) is 4.57 Å². The van der Waals surface area contributed by atoms with Gasteiger partial charge in [-0.1, -0.05) is 0 Å². The molecule has 2 heterocycles. The van der Waals surface area contributed by atoms with Gasteiger partial charge in [0.1, 0.15) is 0 Å². The number of carbonyl (C=O) groups is 1. The monoisotopic (exact) mass is 163 g/mol. The summed E-state index contributed by atoms with van der Waals surface area (Å²) >= 11 is 0. The van der Waals surface area contributed by atoms with E-state index < -0.39 is 0 Å². The fraction of sp³-hybridized carbons (Fsp3) is 0.125. The standard InChI is InChI=1S/C8H9N3O/c1-9-8(12)11-5-3-6-7(11)2-4-10-6/h2-5,10H,1H3,(H,9,12). The normalized spacial score (nSPS) is 10.4. The molecule has 2 rings (SSSR count). The molecule has 0 unspecified atom stereocenters. The van der Waals surface area contributed by atoms with Crippen molar-refractivity contribution in [3.8, 4) is 0 Å². The van der Waals surface area contributed by atoms with E-state index in [1.54, 1.807) is 17.8 Å². The average Bonchev–Trinajstić information content (AvgIpc) is 2.62. The SMILES string of the molecule is CNC(=O)n1ccc2[nH]ccc21. The Balaban J connectivity index is 2.61. The molecule has 12 heavy (non-hydrogen) atoms. The Hall–Kier alpha value is -1.71. The first-order chi connectivity index (χ1) is 5.83. The van der Waals surface area contributed by atoms with Crippen molar-refractivity contribution >= 4 is 17.1 Å². The van der Waals surface area contributed by atoms with Crippen LogP contribution in [0.2, 0.25) is 0 Å². The molecule has 1 amide bonds. The van der Waals surface area contributed by atoms with Gasteiger partial charge >= 0.3 is 6.03 Å². The van der Waals surface area contributed by atoms with Gasteiger partial charge in [0.2, 0.25) is 0 Å². The number of hydrogen-bond donors (Lipinski definition) is 2. The highest BCUT2D eigenvalue weighted by Crippen LogP contribution is 2.12. The second-order valence-electron chi connectivity index (χ2n) is 2.52. The van der Waals surface area contributed by atoms with E-state index in [-0.39, 0.29) is 6.03 Å². The number of nitrogens with zero attached hydrogens (tertiary/aromatic N) is 1. The molecule has 0 fully saturated rings. The first-order valence-electron chi connectivity index (χ1n) is 3.69. The molecule has 0 aliphatic carbocycles. The molecule has 0 atom stereocenters. The lowest BCUT2D eigenvalue weighted by Crippen LogP contribution is -2.23. The number of rotatable bonds is 0. The Morgan fingerprint density at radius 3 is 3.17 bits per heavy atom. The van der Waals surface area contributed by atoms with Gasteiger partial charge in [0, 0.05) is 19.4 Å². The Kier molecular flexibility index (Phi) is 1.40. The highest BCUT2D eigenvalue weighted by Gasteiger charge is 2.05. The first-order valence-corrected chi connectivity index (χ1v) is 3.69. The van der Waals surface area contributed by atoms with Crippen molar-refractivity contribution in [1.82, 2.24) is 14.9 Å². The minimum absolute atomic E-state index is 0.121. The molecule has 4 nitrogen and oxygen atoms in total. The van der Waals surface area contributed by atoms with Gasteiger partial charge in [-0.05, 0) is 12.1 Å². The highest BCUT2D eigenvalue weighted by molar-refractivity contribution is 5.89. The highest BCUT2D eigenvalue weighted by atomic mass is 16.2. The second kappa shape index (κ2) is 2.41. The predicted molar refractivity (Wildman–Crippen MR) is 46.1 cm³/mol. The zero-order valence-electron chi connectivity index (χ0n) is 6.66. The molecule has 62 valence electrons. The first kappa shape index (κ1) is 6.97. The molecule has 0 saturated heterocycles. The molecule has 4 heteroatoms. The Morgan fingerprint density at radius 1 is 1.58 bits per heavy atom. The van der Waals surface area contributed by atoms with Crippen LogP contribution in [0.4, 0.5) is 4.79 Å². The topological polar surface area (TPSA) is 49.8 Å². The number of H-pyrrole nitrogens is 1. The molecule has 0 aliphatic rings. The molecule has 0 saturated carbocycles.